The molecule has 1 atom stereocenters. The molecule has 1 unspecified atom stereocenters. The summed E-state index contributed by atoms with van der Waals surface area (Å²) in [7, 11) is 0. The number of amides is 1. The number of carboxylic acid groups (broad SMARTS) is 1. The lowest BCUT2D eigenvalue weighted by atomic mass is 10.0. The number of rotatable bonds is 20. The average molecular weight is 384 g/mol. The van der Waals surface area contributed by atoms with Crippen LogP contribution < -0.4 is 5.32 Å². The lowest BCUT2D eigenvalue weighted by molar-refractivity contribution is -0.142. The predicted molar refractivity (Wildman–Crippen MR) is 106 cm³/mol. The van der Waals surface area contributed by atoms with Gasteiger partial charge in [0, 0.05) is 19.3 Å². The van der Waals surface area contributed by atoms with Crippen molar-refractivity contribution < 1.29 is 24.3 Å². The summed E-state index contributed by atoms with van der Waals surface area (Å²) in [6.45, 7) is 0. The van der Waals surface area contributed by atoms with Crippen LogP contribution in [0.4, 0.5) is 0 Å². The van der Waals surface area contributed by atoms with Crippen molar-refractivity contribution in [2.45, 2.75) is 109 Å². The first-order valence-electron chi connectivity index (χ1n) is 10.5. The largest absolute Gasteiger partial charge is 0.480 e. The second kappa shape index (κ2) is 19.1. The van der Waals surface area contributed by atoms with Crippen LogP contribution in [0.5, 0.6) is 0 Å². The van der Waals surface area contributed by atoms with Gasteiger partial charge in [0.05, 0.1) is 0 Å². The van der Waals surface area contributed by atoms with E-state index in [0.29, 0.717) is 19.1 Å². The van der Waals surface area contributed by atoms with Gasteiger partial charge in [-0.3, -0.25) is 4.79 Å². The Morgan fingerprint density at radius 3 is 1.59 bits per heavy atom. The van der Waals surface area contributed by atoms with Gasteiger partial charge >= 0.3 is 5.97 Å². The molecule has 0 spiro atoms. The van der Waals surface area contributed by atoms with Crippen LogP contribution in [0.3, 0.4) is 0 Å². The Kier molecular flexibility index (Phi) is 17.8. The monoisotopic (exact) mass is 383 g/mol. The molecule has 0 aliphatic carbocycles. The predicted octanol–water partition coefficient (Wildman–Crippen LogP) is 4.20. The number of carbonyl (C=O) groups excluding carboxylic acids is 3. The molecule has 0 aliphatic rings. The highest BCUT2D eigenvalue weighted by Crippen LogP contribution is 2.13. The molecule has 0 bridgehead atoms. The van der Waals surface area contributed by atoms with Gasteiger partial charge in [-0.05, 0) is 19.3 Å². The van der Waals surface area contributed by atoms with Crippen LogP contribution in [0.25, 0.3) is 0 Å². The highest BCUT2D eigenvalue weighted by Gasteiger charge is 2.18. The van der Waals surface area contributed by atoms with Gasteiger partial charge in [0.15, 0.2) is 0 Å². The van der Waals surface area contributed by atoms with Gasteiger partial charge < -0.3 is 20.0 Å². The van der Waals surface area contributed by atoms with E-state index in [1.165, 1.54) is 44.9 Å². The van der Waals surface area contributed by atoms with Crippen LogP contribution in [0.1, 0.15) is 103 Å². The molecular formula is C21H37NO5. The summed E-state index contributed by atoms with van der Waals surface area (Å²) in [6, 6.07) is -0.965. The molecule has 0 rings (SSSR count). The topological polar surface area (TPSA) is 101 Å². The molecule has 0 saturated carbocycles. The fraction of sp³-hybridized carbons (Fsp3) is 0.810. The zero-order valence-corrected chi connectivity index (χ0v) is 16.6. The molecule has 0 heterocycles. The summed E-state index contributed by atoms with van der Waals surface area (Å²) in [5, 5.41) is 11.5. The maximum atomic E-state index is 11.8. The van der Waals surface area contributed by atoms with Crippen molar-refractivity contribution in [3.8, 4) is 0 Å². The zero-order chi connectivity index (χ0) is 20.2. The van der Waals surface area contributed by atoms with Crippen molar-refractivity contribution in [2.24, 2.45) is 0 Å². The lowest BCUT2D eigenvalue weighted by Gasteiger charge is -2.13. The van der Waals surface area contributed by atoms with Crippen molar-refractivity contribution in [3.05, 3.63) is 0 Å². The maximum Gasteiger partial charge on any atom is 0.326 e. The summed E-state index contributed by atoms with van der Waals surface area (Å²) in [5.41, 5.74) is 0. The smallest absolute Gasteiger partial charge is 0.326 e. The van der Waals surface area contributed by atoms with E-state index in [2.05, 4.69) is 5.32 Å². The highest BCUT2D eigenvalue weighted by atomic mass is 16.4. The minimum atomic E-state index is -1.09. The molecule has 6 nitrogen and oxygen atoms in total. The van der Waals surface area contributed by atoms with E-state index in [0.717, 1.165) is 38.4 Å². The fourth-order valence-corrected chi connectivity index (χ4v) is 3.04. The standard InChI is InChI=1S/C21H37NO5/c23-17-13-11-9-7-5-3-1-2-4-6-8-10-12-16-20(25)22-19(21(26)27)15-14-18-24/h17-19H,1-16H2,(H,22,25)(H,26,27). The van der Waals surface area contributed by atoms with Crippen molar-refractivity contribution in [1.29, 1.82) is 0 Å². The van der Waals surface area contributed by atoms with Crippen LogP contribution in [0.15, 0.2) is 0 Å². The molecule has 27 heavy (non-hydrogen) atoms. The number of aldehydes is 2. The van der Waals surface area contributed by atoms with Crippen molar-refractivity contribution in [3.63, 3.8) is 0 Å². The summed E-state index contributed by atoms with van der Waals surface area (Å²) in [4.78, 5) is 43.3. The fourth-order valence-electron chi connectivity index (χ4n) is 3.04. The van der Waals surface area contributed by atoms with Crippen molar-refractivity contribution in [2.75, 3.05) is 0 Å². The SMILES string of the molecule is O=CCCCCCCCCCCCCCCC(=O)NC(CCC=O)C(=O)O. The number of carbonyl (C=O) groups is 4. The van der Waals surface area contributed by atoms with E-state index >= 15 is 0 Å². The van der Waals surface area contributed by atoms with Gasteiger partial charge in [-0.25, -0.2) is 4.79 Å². The zero-order valence-electron chi connectivity index (χ0n) is 16.6. The van der Waals surface area contributed by atoms with Crippen molar-refractivity contribution in [1.82, 2.24) is 5.32 Å². The van der Waals surface area contributed by atoms with E-state index in [9.17, 15) is 19.2 Å². The van der Waals surface area contributed by atoms with E-state index in [4.69, 9.17) is 5.11 Å². The van der Waals surface area contributed by atoms with E-state index in [-0.39, 0.29) is 18.7 Å². The van der Waals surface area contributed by atoms with E-state index in [1.54, 1.807) is 0 Å². The Hall–Kier alpha value is -1.72. The molecule has 156 valence electrons. The summed E-state index contributed by atoms with van der Waals surface area (Å²) < 4.78 is 0. The van der Waals surface area contributed by atoms with Gasteiger partial charge in [0.2, 0.25) is 5.91 Å². The van der Waals surface area contributed by atoms with Gasteiger partial charge in [0.1, 0.15) is 18.6 Å². The lowest BCUT2D eigenvalue weighted by Crippen LogP contribution is -2.40. The minimum Gasteiger partial charge on any atom is -0.480 e. The second-order valence-corrected chi connectivity index (χ2v) is 7.15. The normalized spacial score (nSPS) is 11.7. The van der Waals surface area contributed by atoms with Gasteiger partial charge in [0.25, 0.3) is 0 Å². The van der Waals surface area contributed by atoms with Crippen LogP contribution in [-0.4, -0.2) is 35.6 Å². The number of aliphatic carboxylic acids is 1. The number of nitrogens with one attached hydrogen (secondary N) is 1. The molecule has 0 aromatic heterocycles. The molecule has 0 aromatic rings. The molecule has 0 fully saturated rings. The van der Waals surface area contributed by atoms with Crippen molar-refractivity contribution >= 4 is 24.4 Å². The number of hydrogen-bond donors (Lipinski definition) is 2. The molecule has 0 aromatic carbocycles. The average Bonchev–Trinajstić information content (AvgIpc) is 2.65. The minimum absolute atomic E-state index is 0.136. The summed E-state index contributed by atoms with van der Waals surface area (Å²) in [5.74, 6) is -1.34. The third-order valence-electron chi connectivity index (χ3n) is 4.68. The van der Waals surface area contributed by atoms with Crippen LogP contribution in [-0.2, 0) is 19.2 Å². The Balaban J connectivity index is 3.42. The highest BCUT2D eigenvalue weighted by molar-refractivity contribution is 5.83. The van der Waals surface area contributed by atoms with Crippen LogP contribution in [0.2, 0.25) is 0 Å². The Bertz CT molecular complexity index is 411. The second-order valence-electron chi connectivity index (χ2n) is 7.15. The summed E-state index contributed by atoms with van der Waals surface area (Å²) >= 11 is 0. The molecule has 0 radical (unpaired) electrons. The van der Waals surface area contributed by atoms with Gasteiger partial charge in [-0.2, -0.15) is 0 Å². The number of unbranched alkanes of at least 4 members (excludes halogenated alkanes) is 12. The maximum absolute atomic E-state index is 11.8. The molecule has 0 saturated heterocycles. The quantitative estimate of drug-likeness (QED) is 0.242. The van der Waals surface area contributed by atoms with Gasteiger partial charge in [-0.15, -0.1) is 0 Å². The number of hydrogen-bond acceptors (Lipinski definition) is 4. The number of carboxylic acids is 1. The Labute approximate surface area is 163 Å². The molecular weight excluding hydrogens is 346 g/mol. The first kappa shape index (κ1) is 25.3. The van der Waals surface area contributed by atoms with E-state index < -0.39 is 12.0 Å². The molecule has 2 N–H and O–H groups in total. The first-order valence-corrected chi connectivity index (χ1v) is 10.5. The third-order valence-corrected chi connectivity index (χ3v) is 4.68. The summed E-state index contributed by atoms with van der Waals surface area (Å²) in [6.07, 6.45) is 16.7. The van der Waals surface area contributed by atoms with Crippen LogP contribution >= 0.6 is 0 Å². The molecule has 1 amide bonds. The Morgan fingerprint density at radius 2 is 1.15 bits per heavy atom. The van der Waals surface area contributed by atoms with Gasteiger partial charge in [-0.1, -0.05) is 64.2 Å². The first-order chi connectivity index (χ1) is 13.1. The Morgan fingerprint density at radius 1 is 0.704 bits per heavy atom. The van der Waals surface area contributed by atoms with E-state index in [1.807, 2.05) is 0 Å². The van der Waals surface area contributed by atoms with Crippen LogP contribution in [0, 0.1) is 0 Å². The molecule has 0 aliphatic heterocycles. The molecule has 6 heteroatoms. The third kappa shape index (κ3) is 17.5.